The zero-order chi connectivity index (χ0) is 17.8. The van der Waals surface area contributed by atoms with Crippen molar-refractivity contribution in [2.75, 3.05) is 0 Å². The molecular weight excluding hydrogens is 312 g/mol. The van der Waals surface area contributed by atoms with Crippen molar-refractivity contribution >= 4 is 10.8 Å². The molecule has 0 aliphatic heterocycles. The largest absolute Gasteiger partial charge is 0.0654 e. The Morgan fingerprint density at radius 1 is 0.769 bits per heavy atom. The molecule has 26 heavy (non-hydrogen) atoms. The number of fused-ring (bicyclic) bond motifs is 2. The summed E-state index contributed by atoms with van der Waals surface area (Å²) >= 11 is 0. The summed E-state index contributed by atoms with van der Waals surface area (Å²) in [4.78, 5) is 0. The molecule has 2 aliphatic carbocycles. The molecule has 2 saturated carbocycles. The molecule has 0 heterocycles. The molecule has 0 aromatic heterocycles. The lowest BCUT2D eigenvalue weighted by molar-refractivity contribution is 0.113. The molecule has 2 fully saturated rings. The average molecular weight is 349 g/mol. The van der Waals surface area contributed by atoms with Crippen LogP contribution in [0.15, 0.2) is 42.5 Å². The summed E-state index contributed by atoms with van der Waals surface area (Å²) in [6.45, 7) is 2.32. The van der Waals surface area contributed by atoms with Gasteiger partial charge in [0.2, 0.25) is 0 Å². The topological polar surface area (TPSA) is 0 Å². The van der Waals surface area contributed by atoms with Crippen LogP contribution in [0.3, 0.4) is 0 Å². The molecule has 2 aliphatic rings. The zero-order valence-electron chi connectivity index (χ0n) is 16.6. The molecule has 0 amide bonds. The lowest BCUT2D eigenvalue weighted by atomic mass is 9.63. The first kappa shape index (κ1) is 18.1. The van der Waals surface area contributed by atoms with Gasteiger partial charge < -0.3 is 0 Å². The van der Waals surface area contributed by atoms with Gasteiger partial charge in [0, 0.05) is 0 Å². The summed E-state index contributed by atoms with van der Waals surface area (Å²) in [5.74, 6) is 3.90. The van der Waals surface area contributed by atoms with Gasteiger partial charge in [-0.25, -0.2) is 0 Å². The third-order valence-electron chi connectivity index (χ3n) is 7.43. The van der Waals surface area contributed by atoms with Crippen LogP contribution in [0.5, 0.6) is 0 Å². The van der Waals surface area contributed by atoms with E-state index in [9.17, 15) is 0 Å². The van der Waals surface area contributed by atoms with Gasteiger partial charge in [0.15, 0.2) is 0 Å². The van der Waals surface area contributed by atoms with Crippen molar-refractivity contribution in [3.63, 3.8) is 0 Å². The Kier molecular flexibility index (Phi) is 5.98. The highest BCUT2D eigenvalue weighted by Crippen LogP contribution is 2.48. The summed E-state index contributed by atoms with van der Waals surface area (Å²) in [6.07, 6.45) is 16.2. The Labute approximate surface area is 160 Å². The highest BCUT2D eigenvalue weighted by atomic mass is 14.4. The molecular formula is C26H36. The van der Waals surface area contributed by atoms with Crippen LogP contribution in [-0.2, 0) is 0 Å². The normalized spacial score (nSPS) is 28.8. The summed E-state index contributed by atoms with van der Waals surface area (Å²) in [7, 11) is 0. The molecule has 4 rings (SSSR count). The van der Waals surface area contributed by atoms with E-state index in [4.69, 9.17) is 0 Å². The van der Waals surface area contributed by atoms with Gasteiger partial charge in [-0.05, 0) is 72.1 Å². The smallest absolute Gasteiger partial charge is 0.0159 e. The predicted octanol–water partition coefficient (Wildman–Crippen LogP) is 8.11. The van der Waals surface area contributed by atoms with Crippen LogP contribution < -0.4 is 0 Å². The van der Waals surface area contributed by atoms with E-state index >= 15 is 0 Å². The first-order chi connectivity index (χ1) is 12.8. The highest BCUT2D eigenvalue weighted by Gasteiger charge is 2.35. The Morgan fingerprint density at radius 2 is 1.58 bits per heavy atom. The summed E-state index contributed by atoms with van der Waals surface area (Å²) in [6, 6.07) is 16.0. The predicted molar refractivity (Wildman–Crippen MR) is 114 cm³/mol. The number of hydrogen-bond donors (Lipinski definition) is 0. The minimum Gasteiger partial charge on any atom is -0.0654 e. The van der Waals surface area contributed by atoms with Gasteiger partial charge in [0.05, 0.1) is 0 Å². The Balaban J connectivity index is 1.34. The van der Waals surface area contributed by atoms with E-state index in [0.717, 1.165) is 23.7 Å². The van der Waals surface area contributed by atoms with Crippen molar-refractivity contribution in [1.82, 2.24) is 0 Å². The van der Waals surface area contributed by atoms with Gasteiger partial charge >= 0.3 is 0 Å². The molecule has 140 valence electrons. The average Bonchev–Trinajstić information content (AvgIpc) is 2.70. The standard InChI is InChI=1S/C26H36/c1-2-3-4-5-8-20-11-12-24-19-26(16-15-23(24)17-20)25-14-13-21-9-6-7-10-22(21)18-25/h6-7,9-10,13-14,18,20,23-24,26H,2-5,8,11-12,15-17,19H2,1H3. The second kappa shape index (κ2) is 8.59. The van der Waals surface area contributed by atoms with E-state index in [-0.39, 0.29) is 0 Å². The third-order valence-corrected chi connectivity index (χ3v) is 7.43. The molecule has 0 nitrogen and oxygen atoms in total. The van der Waals surface area contributed by atoms with Gasteiger partial charge in [-0.15, -0.1) is 0 Å². The van der Waals surface area contributed by atoms with Gasteiger partial charge in [0.25, 0.3) is 0 Å². The Bertz CT molecular complexity index is 700. The molecule has 0 N–H and O–H groups in total. The summed E-state index contributed by atoms with van der Waals surface area (Å²) < 4.78 is 0. The minimum atomic E-state index is 0.807. The second-order valence-electron chi connectivity index (χ2n) is 9.17. The van der Waals surface area contributed by atoms with E-state index in [1.165, 1.54) is 75.0 Å². The lowest BCUT2D eigenvalue weighted by Gasteiger charge is -2.42. The number of hydrogen-bond acceptors (Lipinski definition) is 0. The maximum Gasteiger partial charge on any atom is -0.0159 e. The molecule has 2 aromatic carbocycles. The molecule has 0 spiro atoms. The summed E-state index contributed by atoms with van der Waals surface area (Å²) in [5.41, 5.74) is 1.60. The van der Waals surface area contributed by atoms with Gasteiger partial charge in [0.1, 0.15) is 0 Å². The van der Waals surface area contributed by atoms with Crippen molar-refractivity contribution in [3.8, 4) is 0 Å². The molecule has 0 bridgehead atoms. The summed E-state index contributed by atoms with van der Waals surface area (Å²) in [5, 5.41) is 2.80. The van der Waals surface area contributed by atoms with Crippen LogP contribution in [0.25, 0.3) is 10.8 Å². The van der Waals surface area contributed by atoms with E-state index < -0.39 is 0 Å². The van der Waals surface area contributed by atoms with Crippen molar-refractivity contribution < 1.29 is 0 Å². The van der Waals surface area contributed by atoms with E-state index in [0.29, 0.717) is 0 Å². The fraction of sp³-hybridized carbons (Fsp3) is 0.615. The van der Waals surface area contributed by atoms with Crippen LogP contribution in [0.4, 0.5) is 0 Å². The monoisotopic (exact) mass is 348 g/mol. The highest BCUT2D eigenvalue weighted by molar-refractivity contribution is 5.83. The minimum absolute atomic E-state index is 0.807. The van der Waals surface area contributed by atoms with Crippen molar-refractivity contribution in [1.29, 1.82) is 0 Å². The van der Waals surface area contributed by atoms with Crippen LogP contribution in [0.2, 0.25) is 0 Å². The molecule has 0 radical (unpaired) electrons. The fourth-order valence-electron chi connectivity index (χ4n) is 5.87. The quantitative estimate of drug-likeness (QED) is 0.462. The first-order valence-corrected chi connectivity index (χ1v) is 11.3. The van der Waals surface area contributed by atoms with E-state index in [2.05, 4.69) is 49.4 Å². The number of unbranched alkanes of at least 4 members (excludes halogenated alkanes) is 3. The van der Waals surface area contributed by atoms with Crippen molar-refractivity contribution in [2.24, 2.45) is 17.8 Å². The second-order valence-corrected chi connectivity index (χ2v) is 9.17. The van der Waals surface area contributed by atoms with Gasteiger partial charge in [-0.3, -0.25) is 0 Å². The first-order valence-electron chi connectivity index (χ1n) is 11.3. The molecule has 0 saturated heterocycles. The van der Waals surface area contributed by atoms with Crippen LogP contribution in [-0.4, -0.2) is 0 Å². The van der Waals surface area contributed by atoms with Crippen molar-refractivity contribution in [2.45, 2.75) is 83.5 Å². The van der Waals surface area contributed by atoms with Crippen molar-refractivity contribution in [3.05, 3.63) is 48.0 Å². The Hall–Kier alpha value is -1.30. The van der Waals surface area contributed by atoms with E-state index in [1.807, 2.05) is 0 Å². The Morgan fingerprint density at radius 3 is 2.46 bits per heavy atom. The molecule has 0 heteroatoms. The number of rotatable bonds is 6. The lowest BCUT2D eigenvalue weighted by Crippen LogP contribution is -2.30. The molecule has 4 unspecified atom stereocenters. The zero-order valence-corrected chi connectivity index (χ0v) is 16.6. The van der Waals surface area contributed by atoms with Gasteiger partial charge in [-0.1, -0.05) is 87.9 Å². The fourth-order valence-corrected chi connectivity index (χ4v) is 5.87. The van der Waals surface area contributed by atoms with E-state index in [1.54, 1.807) is 12.0 Å². The maximum atomic E-state index is 2.47. The van der Waals surface area contributed by atoms with Gasteiger partial charge in [-0.2, -0.15) is 0 Å². The van der Waals surface area contributed by atoms with Crippen LogP contribution in [0, 0.1) is 17.8 Å². The molecule has 2 aromatic rings. The maximum absolute atomic E-state index is 2.47. The van der Waals surface area contributed by atoms with Crippen LogP contribution in [0.1, 0.15) is 89.0 Å². The van der Waals surface area contributed by atoms with Crippen LogP contribution >= 0.6 is 0 Å². The molecule has 4 atom stereocenters. The third kappa shape index (κ3) is 4.16. The SMILES string of the molecule is CCCCCCC1CCC2CC(c3ccc4ccccc4c3)CCC2C1. The number of benzene rings is 2.